The van der Waals surface area contributed by atoms with Crippen molar-refractivity contribution < 1.29 is 24.1 Å². The number of hydroxylamine groups is 1. The van der Waals surface area contributed by atoms with Crippen LogP contribution >= 0.6 is 0 Å². The normalized spacial score (nSPS) is 10.1. The number of nitrogens with zero attached hydrogens (tertiary/aromatic N) is 1. The molecule has 0 aromatic heterocycles. The minimum absolute atomic E-state index is 0.0901. The van der Waals surface area contributed by atoms with Crippen molar-refractivity contribution in [2.75, 3.05) is 7.11 Å². The van der Waals surface area contributed by atoms with Crippen LogP contribution in [0.25, 0.3) is 0 Å². The fourth-order valence-electron chi connectivity index (χ4n) is 2.26. The van der Waals surface area contributed by atoms with E-state index in [2.05, 4.69) is 15.6 Å². The highest BCUT2D eigenvalue weighted by atomic mass is 16.6. The average molecular weight is 373 g/mol. The quantitative estimate of drug-likeness (QED) is 0.569. The van der Waals surface area contributed by atoms with Crippen LogP contribution in [0, 0.1) is 17.0 Å². The second kappa shape index (κ2) is 9.30. The first-order chi connectivity index (χ1) is 12.9. The van der Waals surface area contributed by atoms with Crippen molar-refractivity contribution in [2.24, 2.45) is 0 Å². The van der Waals surface area contributed by atoms with Gasteiger partial charge in [0.2, 0.25) is 0 Å². The molecule has 9 nitrogen and oxygen atoms in total. The molecule has 0 unspecified atom stereocenters. The summed E-state index contributed by atoms with van der Waals surface area (Å²) in [5.74, 6) is -0.379. The molecule has 2 rings (SSSR count). The van der Waals surface area contributed by atoms with Crippen LogP contribution in [0.2, 0.25) is 0 Å². The van der Waals surface area contributed by atoms with Gasteiger partial charge in [-0.25, -0.2) is 10.3 Å². The Balaban J connectivity index is 1.86. The zero-order chi connectivity index (χ0) is 19.8. The van der Waals surface area contributed by atoms with Gasteiger partial charge in [-0.1, -0.05) is 18.2 Å². The Hall–Kier alpha value is -3.46. The number of alkyl carbamates (subject to hydrolysis) is 1. The molecule has 2 amide bonds. The summed E-state index contributed by atoms with van der Waals surface area (Å²) in [7, 11) is 1.34. The monoisotopic (exact) mass is 373 g/mol. The van der Waals surface area contributed by atoms with Gasteiger partial charge < -0.3 is 10.1 Å². The van der Waals surface area contributed by atoms with Gasteiger partial charge in [-0.3, -0.25) is 19.7 Å². The first-order valence-electron chi connectivity index (χ1n) is 7.97. The Morgan fingerprint density at radius 2 is 1.85 bits per heavy atom. The summed E-state index contributed by atoms with van der Waals surface area (Å²) >= 11 is 0. The molecule has 0 saturated carbocycles. The lowest BCUT2D eigenvalue weighted by Gasteiger charge is -2.08. The lowest BCUT2D eigenvalue weighted by Crippen LogP contribution is -2.24. The maximum atomic E-state index is 11.8. The Labute approximate surface area is 155 Å². The molecule has 0 radical (unpaired) electrons. The minimum Gasteiger partial charge on any atom is -0.444 e. The smallest absolute Gasteiger partial charge is 0.407 e. The molecule has 0 fully saturated rings. The van der Waals surface area contributed by atoms with Gasteiger partial charge in [0.1, 0.15) is 6.61 Å². The summed E-state index contributed by atoms with van der Waals surface area (Å²) in [6.45, 7) is 1.72. The summed E-state index contributed by atoms with van der Waals surface area (Å²) in [6.07, 6.45) is -0.703. The van der Waals surface area contributed by atoms with Crippen LogP contribution < -0.4 is 10.8 Å². The first-order valence-corrected chi connectivity index (χ1v) is 7.97. The van der Waals surface area contributed by atoms with Crippen molar-refractivity contribution in [3.8, 4) is 0 Å². The zero-order valence-corrected chi connectivity index (χ0v) is 14.9. The van der Waals surface area contributed by atoms with Crippen molar-refractivity contribution in [2.45, 2.75) is 20.1 Å². The molecule has 27 heavy (non-hydrogen) atoms. The van der Waals surface area contributed by atoms with E-state index >= 15 is 0 Å². The van der Waals surface area contributed by atoms with Crippen molar-refractivity contribution in [3.05, 3.63) is 74.8 Å². The van der Waals surface area contributed by atoms with E-state index in [1.807, 2.05) is 0 Å². The molecule has 0 aliphatic carbocycles. The predicted octanol–water partition coefficient (Wildman–Crippen LogP) is 2.62. The minimum atomic E-state index is -0.703. The van der Waals surface area contributed by atoms with Crippen LogP contribution in [0.4, 0.5) is 10.5 Å². The molecule has 0 spiro atoms. The lowest BCUT2D eigenvalue weighted by molar-refractivity contribution is -0.385. The largest absolute Gasteiger partial charge is 0.444 e. The highest BCUT2D eigenvalue weighted by Crippen LogP contribution is 2.20. The number of carbonyl (C=O) groups excluding carboxylic acids is 2. The third kappa shape index (κ3) is 5.79. The summed E-state index contributed by atoms with van der Waals surface area (Å²) in [6, 6.07) is 11.2. The van der Waals surface area contributed by atoms with E-state index in [1.165, 1.54) is 13.2 Å². The van der Waals surface area contributed by atoms with Gasteiger partial charge in [0.25, 0.3) is 11.6 Å². The topological polar surface area (TPSA) is 120 Å². The fraction of sp³-hybridized carbons (Fsp3) is 0.222. The summed E-state index contributed by atoms with van der Waals surface area (Å²) in [4.78, 5) is 38.5. The van der Waals surface area contributed by atoms with Crippen LogP contribution in [0.15, 0.2) is 42.5 Å². The molecule has 0 bridgehead atoms. The molecular weight excluding hydrogens is 354 g/mol. The number of nitro benzene ring substituents is 1. The van der Waals surface area contributed by atoms with Gasteiger partial charge >= 0.3 is 6.09 Å². The summed E-state index contributed by atoms with van der Waals surface area (Å²) in [5.41, 5.74) is 4.34. The van der Waals surface area contributed by atoms with Gasteiger partial charge in [-0.15, -0.1) is 0 Å². The molecule has 2 aromatic carbocycles. The maximum absolute atomic E-state index is 11.8. The van der Waals surface area contributed by atoms with Crippen molar-refractivity contribution in [1.82, 2.24) is 10.8 Å². The third-order valence-corrected chi connectivity index (χ3v) is 3.64. The SMILES string of the molecule is CONC(=O)c1ccc(CNC(=O)OCc2ccc(C)cc2[N+](=O)[O-])cc1. The Morgan fingerprint density at radius 3 is 2.48 bits per heavy atom. The molecular formula is C18H19N3O6. The molecule has 0 saturated heterocycles. The van der Waals surface area contributed by atoms with E-state index in [0.29, 0.717) is 11.1 Å². The van der Waals surface area contributed by atoms with E-state index in [9.17, 15) is 19.7 Å². The Kier molecular flexibility index (Phi) is 6.84. The van der Waals surface area contributed by atoms with Crippen LogP contribution in [0.3, 0.4) is 0 Å². The number of aryl methyl sites for hydroxylation is 1. The van der Waals surface area contributed by atoms with Crippen molar-refractivity contribution in [1.29, 1.82) is 0 Å². The van der Waals surface area contributed by atoms with Gasteiger partial charge in [-0.05, 0) is 36.2 Å². The number of rotatable bonds is 7. The summed E-state index contributed by atoms with van der Waals surface area (Å²) < 4.78 is 5.04. The number of hydrogen-bond donors (Lipinski definition) is 2. The number of nitrogens with one attached hydrogen (secondary N) is 2. The van der Waals surface area contributed by atoms with Crippen LogP contribution in [0.5, 0.6) is 0 Å². The highest BCUT2D eigenvalue weighted by Gasteiger charge is 2.15. The van der Waals surface area contributed by atoms with Gasteiger partial charge in [0, 0.05) is 18.2 Å². The number of hydrogen-bond acceptors (Lipinski definition) is 6. The number of carbonyl (C=O) groups is 2. The molecule has 142 valence electrons. The summed E-state index contributed by atoms with van der Waals surface area (Å²) in [5, 5.41) is 13.6. The van der Waals surface area contributed by atoms with Gasteiger partial charge in [-0.2, -0.15) is 0 Å². The second-order valence-electron chi connectivity index (χ2n) is 5.65. The molecule has 0 atom stereocenters. The number of amides is 2. The highest BCUT2D eigenvalue weighted by molar-refractivity contribution is 5.93. The molecule has 0 aliphatic heterocycles. The van der Waals surface area contributed by atoms with E-state index in [0.717, 1.165) is 11.1 Å². The van der Waals surface area contributed by atoms with E-state index in [-0.39, 0.29) is 24.7 Å². The van der Waals surface area contributed by atoms with Crippen LogP contribution in [-0.2, 0) is 22.7 Å². The second-order valence-corrected chi connectivity index (χ2v) is 5.65. The number of ether oxygens (including phenoxy) is 1. The standard InChI is InChI=1S/C18H19N3O6/c1-12-3-6-15(16(9-12)21(24)25)11-27-18(23)19-10-13-4-7-14(8-5-13)17(22)20-26-2/h3-9H,10-11H2,1-2H3,(H,19,23)(H,20,22). The molecule has 2 aromatic rings. The maximum Gasteiger partial charge on any atom is 0.407 e. The van der Waals surface area contributed by atoms with Gasteiger partial charge in [0.05, 0.1) is 17.6 Å². The van der Waals surface area contributed by atoms with Crippen molar-refractivity contribution >= 4 is 17.7 Å². The molecule has 9 heteroatoms. The molecule has 0 aliphatic rings. The molecule has 2 N–H and O–H groups in total. The zero-order valence-electron chi connectivity index (χ0n) is 14.9. The Morgan fingerprint density at radius 1 is 1.15 bits per heavy atom. The van der Waals surface area contributed by atoms with Crippen LogP contribution in [-0.4, -0.2) is 24.0 Å². The Bertz CT molecular complexity index is 835. The van der Waals surface area contributed by atoms with E-state index in [4.69, 9.17) is 4.74 Å². The fourth-order valence-corrected chi connectivity index (χ4v) is 2.26. The lowest BCUT2D eigenvalue weighted by atomic mass is 10.1. The van der Waals surface area contributed by atoms with Gasteiger partial charge in [0.15, 0.2) is 0 Å². The number of nitro groups is 1. The van der Waals surface area contributed by atoms with Crippen LogP contribution in [0.1, 0.15) is 27.0 Å². The predicted molar refractivity (Wildman–Crippen MR) is 95.8 cm³/mol. The number of benzene rings is 2. The van der Waals surface area contributed by atoms with E-state index in [1.54, 1.807) is 43.3 Å². The third-order valence-electron chi connectivity index (χ3n) is 3.64. The average Bonchev–Trinajstić information content (AvgIpc) is 2.65. The first kappa shape index (κ1) is 19.9. The van der Waals surface area contributed by atoms with Crippen molar-refractivity contribution in [3.63, 3.8) is 0 Å². The van der Waals surface area contributed by atoms with E-state index < -0.39 is 11.0 Å². The molecule has 0 heterocycles.